The summed E-state index contributed by atoms with van der Waals surface area (Å²) < 4.78 is 5.44. The number of ether oxygens (including phenoxy) is 1. The minimum atomic E-state index is 0.330. The lowest BCUT2D eigenvalue weighted by molar-refractivity contribution is 0.0748. The number of fused-ring (bicyclic) bond motifs is 2. The van der Waals surface area contributed by atoms with Crippen molar-refractivity contribution in [2.75, 3.05) is 32.8 Å². The predicted octanol–water partition coefficient (Wildman–Crippen LogP) is 1.47. The van der Waals surface area contributed by atoms with E-state index in [0.717, 1.165) is 31.6 Å². The van der Waals surface area contributed by atoms with E-state index in [9.17, 15) is 0 Å². The Balaban J connectivity index is 1.51. The van der Waals surface area contributed by atoms with Crippen molar-refractivity contribution in [3.8, 4) is 0 Å². The van der Waals surface area contributed by atoms with E-state index in [1.54, 1.807) is 0 Å². The Hall–Kier alpha value is -0.120. The molecule has 2 saturated heterocycles. The maximum Gasteiger partial charge on any atom is 0.0510 e. The monoisotopic (exact) mass is 238 g/mol. The Bertz CT molecular complexity index is 241. The van der Waals surface area contributed by atoms with E-state index in [0.29, 0.717) is 12.0 Å². The molecule has 2 bridgehead atoms. The molecule has 3 nitrogen and oxygen atoms in total. The van der Waals surface area contributed by atoms with Gasteiger partial charge in [0.15, 0.2) is 0 Å². The van der Waals surface area contributed by atoms with E-state index >= 15 is 0 Å². The standard InChI is InChI=1S/C14H26N2O/c15-14(13-4-5-17-10-13)9-16-7-11-2-1-3-12(6-11)8-16/h11-14H,1-10,15H2. The van der Waals surface area contributed by atoms with Crippen molar-refractivity contribution in [2.45, 2.75) is 38.1 Å². The van der Waals surface area contributed by atoms with E-state index in [2.05, 4.69) is 4.90 Å². The van der Waals surface area contributed by atoms with Gasteiger partial charge in [-0.2, -0.15) is 0 Å². The Labute approximate surface area is 105 Å². The van der Waals surface area contributed by atoms with Gasteiger partial charge in [0.25, 0.3) is 0 Å². The van der Waals surface area contributed by atoms with Crippen LogP contribution >= 0.6 is 0 Å². The summed E-state index contributed by atoms with van der Waals surface area (Å²) in [7, 11) is 0. The molecule has 2 N–H and O–H groups in total. The van der Waals surface area contributed by atoms with Crippen molar-refractivity contribution in [1.29, 1.82) is 0 Å². The van der Waals surface area contributed by atoms with Crippen LogP contribution in [0.4, 0.5) is 0 Å². The molecule has 3 fully saturated rings. The van der Waals surface area contributed by atoms with Crippen LogP contribution in [-0.4, -0.2) is 43.8 Å². The van der Waals surface area contributed by atoms with E-state index in [1.807, 2.05) is 0 Å². The molecule has 3 heteroatoms. The van der Waals surface area contributed by atoms with Crippen LogP contribution < -0.4 is 5.73 Å². The highest BCUT2D eigenvalue weighted by Crippen LogP contribution is 2.34. The first-order valence-electron chi connectivity index (χ1n) is 7.37. The lowest BCUT2D eigenvalue weighted by Gasteiger charge is -2.42. The summed E-state index contributed by atoms with van der Waals surface area (Å²) >= 11 is 0. The zero-order valence-electron chi connectivity index (χ0n) is 10.8. The third-order valence-corrected chi connectivity index (χ3v) is 4.96. The largest absolute Gasteiger partial charge is 0.381 e. The highest BCUT2D eigenvalue weighted by Gasteiger charge is 2.32. The van der Waals surface area contributed by atoms with Crippen molar-refractivity contribution >= 4 is 0 Å². The summed E-state index contributed by atoms with van der Waals surface area (Å²) in [5.41, 5.74) is 6.34. The molecule has 17 heavy (non-hydrogen) atoms. The first kappa shape index (κ1) is 11.9. The van der Waals surface area contributed by atoms with Crippen molar-refractivity contribution in [1.82, 2.24) is 4.90 Å². The van der Waals surface area contributed by atoms with Crippen molar-refractivity contribution in [3.63, 3.8) is 0 Å². The molecule has 0 amide bonds. The van der Waals surface area contributed by atoms with E-state index in [4.69, 9.17) is 10.5 Å². The topological polar surface area (TPSA) is 38.5 Å². The minimum absolute atomic E-state index is 0.330. The summed E-state index contributed by atoms with van der Waals surface area (Å²) in [6.45, 7) is 5.52. The fourth-order valence-corrected chi connectivity index (χ4v) is 4.03. The molecule has 2 heterocycles. The Kier molecular flexibility index (Phi) is 3.69. The van der Waals surface area contributed by atoms with Gasteiger partial charge >= 0.3 is 0 Å². The Morgan fingerprint density at radius 3 is 2.59 bits per heavy atom. The number of hydrogen-bond donors (Lipinski definition) is 1. The van der Waals surface area contributed by atoms with Gasteiger partial charge < -0.3 is 15.4 Å². The summed E-state index contributed by atoms with van der Waals surface area (Å²) in [5.74, 6) is 2.54. The quantitative estimate of drug-likeness (QED) is 0.809. The molecule has 3 rings (SSSR count). The van der Waals surface area contributed by atoms with Crippen LogP contribution in [-0.2, 0) is 4.74 Å². The molecule has 0 aromatic rings. The molecular weight excluding hydrogens is 212 g/mol. The van der Waals surface area contributed by atoms with E-state index in [1.165, 1.54) is 45.2 Å². The van der Waals surface area contributed by atoms with Crippen molar-refractivity contribution in [2.24, 2.45) is 23.5 Å². The number of rotatable bonds is 3. The average molecular weight is 238 g/mol. The molecule has 4 atom stereocenters. The summed E-state index contributed by atoms with van der Waals surface area (Å²) in [4.78, 5) is 2.64. The van der Waals surface area contributed by atoms with Gasteiger partial charge in [-0.15, -0.1) is 0 Å². The minimum Gasteiger partial charge on any atom is -0.381 e. The second-order valence-electron chi connectivity index (χ2n) is 6.40. The smallest absolute Gasteiger partial charge is 0.0510 e. The van der Waals surface area contributed by atoms with Crippen LogP contribution in [0.15, 0.2) is 0 Å². The van der Waals surface area contributed by atoms with Gasteiger partial charge in [-0.1, -0.05) is 6.42 Å². The fourth-order valence-electron chi connectivity index (χ4n) is 4.03. The lowest BCUT2D eigenvalue weighted by atomic mass is 9.77. The Morgan fingerprint density at radius 2 is 1.94 bits per heavy atom. The second kappa shape index (κ2) is 5.25. The van der Waals surface area contributed by atoms with Crippen molar-refractivity contribution < 1.29 is 4.74 Å². The van der Waals surface area contributed by atoms with Crippen LogP contribution in [0.2, 0.25) is 0 Å². The molecule has 0 aromatic carbocycles. The van der Waals surface area contributed by atoms with E-state index < -0.39 is 0 Å². The van der Waals surface area contributed by atoms with E-state index in [-0.39, 0.29) is 0 Å². The maximum atomic E-state index is 6.34. The highest BCUT2D eigenvalue weighted by atomic mass is 16.5. The van der Waals surface area contributed by atoms with Gasteiger partial charge in [0.05, 0.1) is 6.61 Å². The molecule has 3 aliphatic rings. The second-order valence-corrected chi connectivity index (χ2v) is 6.40. The highest BCUT2D eigenvalue weighted by molar-refractivity contribution is 4.87. The SMILES string of the molecule is NC(CN1CC2CCCC(C2)C1)C1CCOC1. The van der Waals surface area contributed by atoms with Crippen molar-refractivity contribution in [3.05, 3.63) is 0 Å². The predicted molar refractivity (Wildman–Crippen MR) is 68.8 cm³/mol. The molecule has 0 radical (unpaired) electrons. The van der Waals surface area contributed by atoms with Gasteiger partial charge in [-0.05, 0) is 37.5 Å². The van der Waals surface area contributed by atoms with Crippen LogP contribution in [0, 0.1) is 17.8 Å². The molecule has 1 saturated carbocycles. The summed E-state index contributed by atoms with van der Waals surface area (Å²) in [5, 5.41) is 0. The number of hydrogen-bond acceptors (Lipinski definition) is 3. The Morgan fingerprint density at radius 1 is 1.18 bits per heavy atom. The fraction of sp³-hybridized carbons (Fsp3) is 1.00. The number of likely N-dealkylation sites (tertiary alicyclic amines) is 1. The van der Waals surface area contributed by atoms with Crippen LogP contribution in [0.3, 0.4) is 0 Å². The summed E-state index contributed by atoms with van der Waals surface area (Å²) in [6.07, 6.45) is 7.02. The molecule has 0 spiro atoms. The zero-order valence-corrected chi connectivity index (χ0v) is 10.8. The first-order valence-corrected chi connectivity index (χ1v) is 7.37. The zero-order chi connectivity index (χ0) is 11.7. The van der Waals surface area contributed by atoms with Gasteiger partial charge in [0.2, 0.25) is 0 Å². The molecule has 4 unspecified atom stereocenters. The van der Waals surface area contributed by atoms with Gasteiger partial charge in [0.1, 0.15) is 0 Å². The lowest BCUT2D eigenvalue weighted by Crippen LogP contribution is -2.49. The van der Waals surface area contributed by atoms with Gasteiger partial charge in [-0.25, -0.2) is 0 Å². The third kappa shape index (κ3) is 2.83. The molecule has 0 aromatic heterocycles. The summed E-state index contributed by atoms with van der Waals surface area (Å²) in [6, 6.07) is 0.330. The van der Waals surface area contributed by atoms with Crippen LogP contribution in [0.5, 0.6) is 0 Å². The van der Waals surface area contributed by atoms with Crippen LogP contribution in [0.1, 0.15) is 32.1 Å². The average Bonchev–Trinajstić information content (AvgIpc) is 2.81. The van der Waals surface area contributed by atoms with Crippen LogP contribution in [0.25, 0.3) is 0 Å². The third-order valence-electron chi connectivity index (χ3n) is 4.96. The van der Waals surface area contributed by atoms with Gasteiger partial charge in [-0.3, -0.25) is 0 Å². The first-order chi connectivity index (χ1) is 8.31. The molecule has 2 aliphatic heterocycles. The molecule has 98 valence electrons. The number of nitrogens with two attached hydrogens (primary N) is 1. The number of piperidine rings is 1. The van der Waals surface area contributed by atoms with Gasteiger partial charge in [0, 0.05) is 38.2 Å². The number of nitrogens with zero attached hydrogens (tertiary/aromatic N) is 1. The maximum absolute atomic E-state index is 6.34. The molecular formula is C14H26N2O. The molecule has 1 aliphatic carbocycles. The normalized spacial score (nSPS) is 40.4.